The highest BCUT2D eigenvalue weighted by Crippen LogP contribution is 2.28. The number of aryl methyl sites for hydroxylation is 1. The molecule has 0 amide bonds. The highest BCUT2D eigenvalue weighted by Gasteiger charge is 2.17. The number of hydrogen-bond donors (Lipinski definition) is 1. The maximum atomic E-state index is 3.58. The van der Waals surface area contributed by atoms with Crippen molar-refractivity contribution >= 4 is 21.6 Å². The molecule has 1 N–H and O–H groups in total. The zero-order chi connectivity index (χ0) is 13.1. The predicted molar refractivity (Wildman–Crippen MR) is 83.0 cm³/mol. The van der Waals surface area contributed by atoms with Gasteiger partial charge in [-0.2, -0.15) is 0 Å². The monoisotopic (exact) mass is 307 g/mol. The van der Waals surface area contributed by atoms with E-state index >= 15 is 0 Å². The minimum Gasteiger partial charge on any atom is -0.385 e. The lowest BCUT2D eigenvalue weighted by Crippen LogP contribution is -2.20. The van der Waals surface area contributed by atoms with Crippen LogP contribution in [0.2, 0.25) is 0 Å². The van der Waals surface area contributed by atoms with Gasteiger partial charge < -0.3 is 5.32 Å². The van der Waals surface area contributed by atoms with Crippen molar-refractivity contribution < 1.29 is 0 Å². The van der Waals surface area contributed by atoms with Gasteiger partial charge >= 0.3 is 0 Å². The number of nitrogens with one attached hydrogen (secondary N) is 1. The summed E-state index contributed by atoms with van der Waals surface area (Å²) in [5.41, 5.74) is 4.06. The second-order valence-corrected chi connectivity index (χ2v) is 6.61. The Bertz CT molecular complexity index is 430. The van der Waals surface area contributed by atoms with Gasteiger partial charge in [-0.15, -0.1) is 0 Å². The Morgan fingerprint density at radius 3 is 2.72 bits per heavy atom. The first-order valence-corrected chi connectivity index (χ1v) is 7.50. The van der Waals surface area contributed by atoms with E-state index in [-0.39, 0.29) is 0 Å². The van der Waals surface area contributed by atoms with E-state index in [2.05, 4.69) is 66.3 Å². The summed E-state index contributed by atoms with van der Waals surface area (Å²) in [7, 11) is 0. The van der Waals surface area contributed by atoms with Gasteiger partial charge in [0.1, 0.15) is 0 Å². The van der Waals surface area contributed by atoms with Crippen molar-refractivity contribution in [3.05, 3.63) is 39.9 Å². The SMILES string of the molecule is CC1=CC(C)CC(CNc2cc(C)cc(Br)c2)C1. The van der Waals surface area contributed by atoms with Crippen LogP contribution in [0.4, 0.5) is 5.69 Å². The minimum atomic E-state index is 0.731. The molecule has 1 nitrogen and oxygen atoms in total. The summed E-state index contributed by atoms with van der Waals surface area (Å²) in [5, 5.41) is 3.58. The molecule has 0 heterocycles. The lowest BCUT2D eigenvalue weighted by molar-refractivity contribution is 0.421. The molecule has 0 radical (unpaired) electrons. The molecule has 0 aromatic heterocycles. The summed E-state index contributed by atoms with van der Waals surface area (Å²) >= 11 is 3.55. The molecule has 0 saturated heterocycles. The van der Waals surface area contributed by atoms with Crippen LogP contribution in [0.5, 0.6) is 0 Å². The summed E-state index contributed by atoms with van der Waals surface area (Å²) in [4.78, 5) is 0. The Labute approximate surface area is 119 Å². The molecule has 0 saturated carbocycles. The molecule has 2 atom stereocenters. The fraction of sp³-hybridized carbons (Fsp3) is 0.500. The second kappa shape index (κ2) is 5.92. The largest absolute Gasteiger partial charge is 0.385 e. The second-order valence-electron chi connectivity index (χ2n) is 5.69. The van der Waals surface area contributed by atoms with Crippen molar-refractivity contribution in [3.63, 3.8) is 0 Å². The average molecular weight is 308 g/mol. The summed E-state index contributed by atoms with van der Waals surface area (Å²) in [5.74, 6) is 1.50. The number of hydrogen-bond acceptors (Lipinski definition) is 1. The molecular formula is C16H22BrN. The summed E-state index contributed by atoms with van der Waals surface area (Å²) in [6.45, 7) is 7.78. The van der Waals surface area contributed by atoms with Crippen molar-refractivity contribution in [1.29, 1.82) is 0 Å². The topological polar surface area (TPSA) is 12.0 Å². The van der Waals surface area contributed by atoms with Gasteiger partial charge in [0.2, 0.25) is 0 Å². The molecular weight excluding hydrogens is 286 g/mol. The lowest BCUT2D eigenvalue weighted by Gasteiger charge is -2.26. The lowest BCUT2D eigenvalue weighted by atomic mass is 9.84. The number of anilines is 1. The van der Waals surface area contributed by atoms with Gasteiger partial charge in [-0.1, -0.05) is 34.5 Å². The molecule has 0 fully saturated rings. The molecule has 0 aliphatic heterocycles. The van der Waals surface area contributed by atoms with E-state index in [0.29, 0.717) is 0 Å². The molecule has 1 aliphatic carbocycles. The average Bonchev–Trinajstić information content (AvgIpc) is 2.23. The minimum absolute atomic E-state index is 0.731. The third kappa shape index (κ3) is 3.88. The van der Waals surface area contributed by atoms with Crippen LogP contribution in [-0.2, 0) is 0 Å². The van der Waals surface area contributed by atoms with Gasteiger partial charge in [-0.25, -0.2) is 0 Å². The van der Waals surface area contributed by atoms with E-state index in [1.54, 1.807) is 5.57 Å². The van der Waals surface area contributed by atoms with Gasteiger partial charge in [-0.05, 0) is 62.3 Å². The standard InChI is InChI=1S/C16H22BrN/c1-11-4-12(2)6-14(5-11)10-18-16-8-13(3)7-15(17)9-16/h4,7-9,11,14,18H,5-6,10H2,1-3H3. The molecule has 2 unspecified atom stereocenters. The molecule has 1 aromatic rings. The highest BCUT2D eigenvalue weighted by molar-refractivity contribution is 9.10. The fourth-order valence-corrected chi connectivity index (χ4v) is 3.55. The predicted octanol–water partition coefficient (Wildman–Crippen LogP) is 5.16. The van der Waals surface area contributed by atoms with Crippen molar-refractivity contribution in [1.82, 2.24) is 0 Å². The van der Waals surface area contributed by atoms with Crippen LogP contribution in [0.1, 0.15) is 32.3 Å². The summed E-state index contributed by atoms with van der Waals surface area (Å²) in [6, 6.07) is 6.50. The Balaban J connectivity index is 1.93. The molecule has 1 aliphatic rings. The Hall–Kier alpha value is -0.760. The third-order valence-electron chi connectivity index (χ3n) is 3.52. The molecule has 2 rings (SSSR count). The van der Waals surface area contributed by atoms with E-state index < -0.39 is 0 Å². The molecule has 0 bridgehead atoms. The first kappa shape index (κ1) is 13.7. The van der Waals surface area contributed by atoms with Gasteiger partial charge in [0.25, 0.3) is 0 Å². The smallest absolute Gasteiger partial charge is 0.0354 e. The van der Waals surface area contributed by atoms with E-state index in [0.717, 1.165) is 22.9 Å². The number of halogens is 1. The van der Waals surface area contributed by atoms with Crippen LogP contribution in [0.3, 0.4) is 0 Å². The van der Waals surface area contributed by atoms with Crippen LogP contribution in [-0.4, -0.2) is 6.54 Å². The number of rotatable bonds is 3. The van der Waals surface area contributed by atoms with Crippen LogP contribution in [0.15, 0.2) is 34.3 Å². The van der Waals surface area contributed by atoms with Crippen LogP contribution < -0.4 is 5.32 Å². The first-order chi connectivity index (χ1) is 8.52. The summed E-state index contributed by atoms with van der Waals surface area (Å²) < 4.78 is 1.15. The zero-order valence-corrected chi connectivity index (χ0v) is 13.0. The van der Waals surface area contributed by atoms with Crippen molar-refractivity contribution in [3.8, 4) is 0 Å². The van der Waals surface area contributed by atoms with E-state index in [1.165, 1.54) is 24.1 Å². The normalized spacial score (nSPS) is 23.7. The number of benzene rings is 1. The van der Waals surface area contributed by atoms with Crippen molar-refractivity contribution in [2.75, 3.05) is 11.9 Å². The maximum absolute atomic E-state index is 3.58. The molecule has 2 heteroatoms. The Morgan fingerprint density at radius 1 is 1.28 bits per heavy atom. The van der Waals surface area contributed by atoms with Gasteiger partial charge in [0.05, 0.1) is 0 Å². The summed E-state index contributed by atoms with van der Waals surface area (Å²) in [6.07, 6.45) is 4.96. The van der Waals surface area contributed by atoms with Crippen LogP contribution in [0.25, 0.3) is 0 Å². The van der Waals surface area contributed by atoms with Gasteiger partial charge in [0, 0.05) is 16.7 Å². The third-order valence-corrected chi connectivity index (χ3v) is 3.98. The highest BCUT2D eigenvalue weighted by atomic mass is 79.9. The van der Waals surface area contributed by atoms with Crippen molar-refractivity contribution in [2.24, 2.45) is 11.8 Å². The van der Waals surface area contributed by atoms with E-state index in [9.17, 15) is 0 Å². The molecule has 18 heavy (non-hydrogen) atoms. The number of allylic oxidation sites excluding steroid dienone is 2. The van der Waals surface area contributed by atoms with Crippen LogP contribution >= 0.6 is 15.9 Å². The Kier molecular flexibility index (Phi) is 4.50. The molecule has 1 aromatic carbocycles. The van der Waals surface area contributed by atoms with Gasteiger partial charge in [0.15, 0.2) is 0 Å². The van der Waals surface area contributed by atoms with Crippen molar-refractivity contribution in [2.45, 2.75) is 33.6 Å². The van der Waals surface area contributed by atoms with Crippen LogP contribution in [0, 0.1) is 18.8 Å². The van der Waals surface area contributed by atoms with E-state index in [1.807, 2.05) is 0 Å². The van der Waals surface area contributed by atoms with E-state index in [4.69, 9.17) is 0 Å². The quantitative estimate of drug-likeness (QED) is 0.760. The Morgan fingerprint density at radius 2 is 2.06 bits per heavy atom. The maximum Gasteiger partial charge on any atom is 0.0354 e. The fourth-order valence-electron chi connectivity index (χ4n) is 2.94. The first-order valence-electron chi connectivity index (χ1n) is 6.71. The van der Waals surface area contributed by atoms with Gasteiger partial charge in [-0.3, -0.25) is 0 Å². The molecule has 0 spiro atoms. The molecule has 98 valence electrons. The zero-order valence-electron chi connectivity index (χ0n) is 11.5.